The number of hydrogen-bond donors (Lipinski definition) is 0. The Kier molecular flexibility index (Phi) is 4.73. The van der Waals surface area contributed by atoms with Crippen molar-refractivity contribution in [2.45, 2.75) is 11.8 Å². The highest BCUT2D eigenvalue weighted by atomic mass is 79.9. The molecule has 0 heterocycles. The van der Waals surface area contributed by atoms with Gasteiger partial charge in [-0.15, -0.1) is 0 Å². The summed E-state index contributed by atoms with van der Waals surface area (Å²) in [7, 11) is 1.28. The zero-order valence-corrected chi connectivity index (χ0v) is 11.2. The van der Waals surface area contributed by atoms with Crippen LogP contribution in [0, 0.1) is 5.82 Å². The number of esters is 1. The lowest BCUT2D eigenvalue weighted by molar-refractivity contribution is -0.139. The number of benzene rings is 1. The first-order valence-corrected chi connectivity index (χ1v) is 6.09. The van der Waals surface area contributed by atoms with Crippen LogP contribution in [0.25, 0.3) is 0 Å². The van der Waals surface area contributed by atoms with Gasteiger partial charge in [0.2, 0.25) is 0 Å². The summed E-state index contributed by atoms with van der Waals surface area (Å²) in [4.78, 5) is 11.1. The van der Waals surface area contributed by atoms with Crippen molar-refractivity contribution < 1.29 is 13.9 Å². The molecule has 0 saturated carbocycles. The van der Waals surface area contributed by atoms with Gasteiger partial charge < -0.3 is 4.74 Å². The first kappa shape index (κ1) is 12.6. The molecule has 5 heteroatoms. The second-order valence-electron chi connectivity index (χ2n) is 2.91. The molecular formula is C10H9Br2FO2. The third-order valence-corrected chi connectivity index (χ3v) is 3.01. The molecule has 1 aromatic carbocycles. The molecule has 15 heavy (non-hydrogen) atoms. The first-order valence-electron chi connectivity index (χ1n) is 4.18. The highest BCUT2D eigenvalue weighted by Crippen LogP contribution is 2.23. The van der Waals surface area contributed by atoms with Crippen molar-refractivity contribution in [3.8, 4) is 0 Å². The lowest BCUT2D eigenvalue weighted by Gasteiger charge is -2.08. The average Bonchev–Trinajstić information content (AvgIpc) is 2.21. The largest absolute Gasteiger partial charge is 0.469 e. The number of rotatable bonds is 3. The monoisotopic (exact) mass is 338 g/mol. The molecule has 0 bridgehead atoms. The van der Waals surface area contributed by atoms with Crippen molar-refractivity contribution in [1.82, 2.24) is 0 Å². The molecule has 0 saturated heterocycles. The van der Waals surface area contributed by atoms with E-state index in [2.05, 4.69) is 36.6 Å². The predicted molar refractivity (Wildman–Crippen MR) is 62.5 cm³/mol. The summed E-state index contributed by atoms with van der Waals surface area (Å²) in [6.07, 6.45) is -0.0451. The third kappa shape index (κ3) is 3.28. The van der Waals surface area contributed by atoms with E-state index in [1.165, 1.54) is 13.2 Å². The molecule has 0 amide bonds. The van der Waals surface area contributed by atoms with Gasteiger partial charge in [-0.3, -0.25) is 4.79 Å². The van der Waals surface area contributed by atoms with Gasteiger partial charge in [0, 0.05) is 15.4 Å². The van der Waals surface area contributed by atoms with Crippen LogP contribution < -0.4 is 0 Å². The standard InChI is InChI=1S/C10H9Br2FO2/c1-15-10(14)4-8-6(5-11)2-7(12)3-9(8)13/h2-3H,4-5H2,1H3. The summed E-state index contributed by atoms with van der Waals surface area (Å²) in [5.74, 6) is -0.845. The predicted octanol–water partition coefficient (Wildman–Crippen LogP) is 3.20. The Morgan fingerprint density at radius 1 is 1.53 bits per heavy atom. The molecule has 0 N–H and O–H groups in total. The van der Waals surface area contributed by atoms with E-state index in [4.69, 9.17) is 0 Å². The summed E-state index contributed by atoms with van der Waals surface area (Å²) in [5, 5.41) is 0.496. The van der Waals surface area contributed by atoms with E-state index in [0.717, 1.165) is 5.56 Å². The number of ether oxygens (including phenoxy) is 1. The minimum Gasteiger partial charge on any atom is -0.469 e. The maximum Gasteiger partial charge on any atom is 0.310 e. The molecule has 0 atom stereocenters. The second-order valence-corrected chi connectivity index (χ2v) is 4.39. The average molecular weight is 340 g/mol. The Labute approximate surface area is 104 Å². The van der Waals surface area contributed by atoms with Crippen LogP contribution in [0.3, 0.4) is 0 Å². The van der Waals surface area contributed by atoms with Gasteiger partial charge in [0.1, 0.15) is 5.82 Å². The maximum atomic E-state index is 13.5. The van der Waals surface area contributed by atoms with Crippen LogP contribution in [-0.4, -0.2) is 13.1 Å². The molecule has 0 aliphatic carbocycles. The Bertz CT molecular complexity index is 380. The summed E-state index contributed by atoms with van der Waals surface area (Å²) in [6, 6.07) is 3.11. The number of halogens is 3. The smallest absolute Gasteiger partial charge is 0.310 e. The van der Waals surface area contributed by atoms with Crippen molar-refractivity contribution in [3.05, 3.63) is 33.5 Å². The SMILES string of the molecule is COC(=O)Cc1c(F)cc(Br)cc1CBr. The van der Waals surface area contributed by atoms with Crippen molar-refractivity contribution in [2.75, 3.05) is 7.11 Å². The molecule has 0 aliphatic heterocycles. The van der Waals surface area contributed by atoms with Crippen LogP contribution in [0.5, 0.6) is 0 Å². The molecule has 1 aromatic rings. The minimum atomic E-state index is -0.446. The molecule has 0 aromatic heterocycles. The molecule has 1 rings (SSSR count). The summed E-state index contributed by atoms with van der Waals surface area (Å²) < 4.78 is 18.7. The van der Waals surface area contributed by atoms with E-state index < -0.39 is 11.8 Å². The van der Waals surface area contributed by atoms with E-state index in [0.29, 0.717) is 15.4 Å². The van der Waals surface area contributed by atoms with Crippen LogP contribution in [0.1, 0.15) is 11.1 Å². The van der Waals surface area contributed by atoms with Gasteiger partial charge in [0.05, 0.1) is 13.5 Å². The molecule has 0 spiro atoms. The van der Waals surface area contributed by atoms with Gasteiger partial charge in [-0.25, -0.2) is 4.39 Å². The van der Waals surface area contributed by atoms with Gasteiger partial charge in [-0.1, -0.05) is 31.9 Å². The van der Waals surface area contributed by atoms with Gasteiger partial charge in [0.15, 0.2) is 0 Å². The molecule has 2 nitrogen and oxygen atoms in total. The van der Waals surface area contributed by atoms with E-state index in [9.17, 15) is 9.18 Å². The van der Waals surface area contributed by atoms with Gasteiger partial charge in [-0.2, -0.15) is 0 Å². The van der Waals surface area contributed by atoms with E-state index in [1.807, 2.05) is 0 Å². The Balaban J connectivity index is 3.09. The van der Waals surface area contributed by atoms with E-state index >= 15 is 0 Å². The fraction of sp³-hybridized carbons (Fsp3) is 0.300. The highest BCUT2D eigenvalue weighted by Gasteiger charge is 2.13. The normalized spacial score (nSPS) is 10.1. The van der Waals surface area contributed by atoms with Crippen LogP contribution in [0.2, 0.25) is 0 Å². The number of hydrogen-bond acceptors (Lipinski definition) is 2. The zero-order valence-electron chi connectivity index (χ0n) is 8.02. The third-order valence-electron chi connectivity index (χ3n) is 1.95. The number of carbonyl (C=O) groups excluding carboxylic acids is 1. The van der Waals surface area contributed by atoms with Gasteiger partial charge in [-0.05, 0) is 17.7 Å². The summed E-state index contributed by atoms with van der Waals surface area (Å²) in [5.41, 5.74) is 1.12. The Morgan fingerprint density at radius 3 is 2.73 bits per heavy atom. The van der Waals surface area contributed by atoms with Crippen LogP contribution in [-0.2, 0) is 21.3 Å². The van der Waals surface area contributed by atoms with E-state index in [-0.39, 0.29) is 6.42 Å². The fourth-order valence-electron chi connectivity index (χ4n) is 1.19. The minimum absolute atomic E-state index is 0.0451. The molecule has 82 valence electrons. The van der Waals surface area contributed by atoms with Crippen molar-refractivity contribution in [2.24, 2.45) is 0 Å². The molecule has 0 fully saturated rings. The lowest BCUT2D eigenvalue weighted by Crippen LogP contribution is -2.08. The lowest BCUT2D eigenvalue weighted by atomic mass is 10.1. The zero-order chi connectivity index (χ0) is 11.4. The second kappa shape index (κ2) is 5.61. The fourth-order valence-corrected chi connectivity index (χ4v) is 2.17. The quantitative estimate of drug-likeness (QED) is 0.624. The van der Waals surface area contributed by atoms with Crippen LogP contribution >= 0.6 is 31.9 Å². The van der Waals surface area contributed by atoms with Crippen molar-refractivity contribution in [3.63, 3.8) is 0 Å². The van der Waals surface area contributed by atoms with E-state index in [1.54, 1.807) is 6.07 Å². The number of carbonyl (C=O) groups is 1. The molecule has 0 unspecified atom stereocenters. The van der Waals surface area contributed by atoms with Crippen LogP contribution in [0.15, 0.2) is 16.6 Å². The molecular weight excluding hydrogens is 331 g/mol. The van der Waals surface area contributed by atoms with Gasteiger partial charge >= 0.3 is 5.97 Å². The number of methoxy groups -OCH3 is 1. The summed E-state index contributed by atoms with van der Waals surface area (Å²) >= 11 is 6.44. The Morgan fingerprint density at radius 2 is 2.20 bits per heavy atom. The molecule has 0 radical (unpaired) electrons. The van der Waals surface area contributed by atoms with Crippen molar-refractivity contribution in [1.29, 1.82) is 0 Å². The highest BCUT2D eigenvalue weighted by molar-refractivity contribution is 9.10. The van der Waals surface area contributed by atoms with Crippen molar-refractivity contribution >= 4 is 37.8 Å². The Hall–Kier alpha value is -0.420. The topological polar surface area (TPSA) is 26.3 Å². The summed E-state index contributed by atoms with van der Waals surface area (Å²) in [6.45, 7) is 0. The molecule has 0 aliphatic rings. The van der Waals surface area contributed by atoms with Crippen LogP contribution in [0.4, 0.5) is 4.39 Å². The number of alkyl halides is 1. The maximum absolute atomic E-state index is 13.5. The first-order chi connectivity index (χ1) is 7.08. The van der Waals surface area contributed by atoms with Gasteiger partial charge in [0.25, 0.3) is 0 Å².